The smallest absolute Gasteiger partial charge is 0.0471 e. The summed E-state index contributed by atoms with van der Waals surface area (Å²) in [5.74, 6) is 1.000. The number of nitrogens with one attached hydrogen (secondary N) is 1. The second-order valence-corrected chi connectivity index (χ2v) is 6.33. The molecule has 3 nitrogen and oxygen atoms in total. The number of likely N-dealkylation sites (tertiary alicyclic amines) is 1. The number of rotatable bonds is 2. The monoisotopic (exact) mass is 270 g/mol. The first kappa shape index (κ1) is 12.4. The van der Waals surface area contributed by atoms with E-state index >= 15 is 0 Å². The number of benzene rings is 1. The lowest BCUT2D eigenvalue weighted by Crippen LogP contribution is -2.50. The van der Waals surface area contributed by atoms with Gasteiger partial charge in [-0.25, -0.2) is 0 Å². The standard InChI is InChI=1S/C17H22N2O/c1-2-19-9-11(10-20)6-14-13-4-3-5-15-17(13)12(8-18-15)7-16(14)19/h3-5,8,11,14,16,18,20H,2,6-7,9-10H2,1H3/t11?,14-,16-/m1/s1. The van der Waals surface area contributed by atoms with Crippen LogP contribution in [0.5, 0.6) is 0 Å². The van der Waals surface area contributed by atoms with Crippen LogP contribution in [-0.2, 0) is 6.42 Å². The molecule has 1 aromatic heterocycles. The number of aliphatic hydroxyl groups excluding tert-OH is 1. The largest absolute Gasteiger partial charge is 0.396 e. The van der Waals surface area contributed by atoms with Crippen LogP contribution in [0, 0.1) is 5.92 Å². The number of fused-ring (bicyclic) bond motifs is 2. The summed E-state index contributed by atoms with van der Waals surface area (Å²) in [6.07, 6.45) is 4.46. The molecule has 2 N–H and O–H groups in total. The van der Waals surface area contributed by atoms with Gasteiger partial charge in [0.1, 0.15) is 0 Å². The molecule has 20 heavy (non-hydrogen) atoms. The molecular weight excluding hydrogens is 248 g/mol. The second-order valence-electron chi connectivity index (χ2n) is 6.33. The maximum Gasteiger partial charge on any atom is 0.0471 e. The molecule has 106 valence electrons. The molecule has 0 saturated carbocycles. The van der Waals surface area contributed by atoms with E-state index in [0.29, 0.717) is 24.5 Å². The molecule has 0 spiro atoms. The molecule has 1 unspecified atom stereocenters. The molecule has 3 atom stereocenters. The van der Waals surface area contributed by atoms with Gasteiger partial charge in [0.2, 0.25) is 0 Å². The van der Waals surface area contributed by atoms with Crippen LogP contribution < -0.4 is 0 Å². The van der Waals surface area contributed by atoms with Crippen LogP contribution in [0.4, 0.5) is 0 Å². The normalized spacial score (nSPS) is 29.6. The average Bonchev–Trinajstić information content (AvgIpc) is 2.91. The SMILES string of the molecule is CCN1CC(CO)C[C@@H]2c3cccc4[nH]cc(c34)C[C@H]21. The summed E-state index contributed by atoms with van der Waals surface area (Å²) >= 11 is 0. The van der Waals surface area contributed by atoms with Crippen molar-refractivity contribution in [2.45, 2.75) is 31.7 Å². The molecule has 1 aromatic carbocycles. The molecular formula is C17H22N2O. The quantitative estimate of drug-likeness (QED) is 0.880. The first-order chi connectivity index (χ1) is 9.81. The lowest BCUT2D eigenvalue weighted by Gasteiger charge is -2.46. The van der Waals surface area contributed by atoms with Gasteiger partial charge in [-0.15, -0.1) is 0 Å². The highest BCUT2D eigenvalue weighted by Gasteiger charge is 2.39. The molecule has 3 heteroatoms. The molecule has 2 aliphatic rings. The van der Waals surface area contributed by atoms with Crippen LogP contribution in [-0.4, -0.2) is 40.7 Å². The summed E-state index contributed by atoms with van der Waals surface area (Å²) < 4.78 is 0. The van der Waals surface area contributed by atoms with Crippen molar-refractivity contribution >= 4 is 10.9 Å². The Balaban J connectivity index is 1.84. The number of likely N-dealkylation sites (N-methyl/N-ethyl adjacent to an activating group) is 1. The van der Waals surface area contributed by atoms with E-state index in [-0.39, 0.29) is 0 Å². The van der Waals surface area contributed by atoms with Gasteiger partial charge < -0.3 is 10.1 Å². The van der Waals surface area contributed by atoms with Crippen molar-refractivity contribution in [1.29, 1.82) is 0 Å². The number of hydrogen-bond acceptors (Lipinski definition) is 2. The first-order valence-electron chi connectivity index (χ1n) is 7.75. The maximum atomic E-state index is 9.61. The van der Waals surface area contributed by atoms with E-state index in [2.05, 4.69) is 41.2 Å². The minimum absolute atomic E-state index is 0.315. The van der Waals surface area contributed by atoms with Crippen molar-refractivity contribution in [1.82, 2.24) is 9.88 Å². The maximum absolute atomic E-state index is 9.61. The molecule has 1 saturated heterocycles. The Labute approximate surface area is 119 Å². The lowest BCUT2D eigenvalue weighted by atomic mass is 9.72. The van der Waals surface area contributed by atoms with Gasteiger partial charge in [0, 0.05) is 42.2 Å². The number of aliphatic hydroxyl groups is 1. The average molecular weight is 270 g/mol. The number of H-pyrrole nitrogens is 1. The van der Waals surface area contributed by atoms with Crippen molar-refractivity contribution in [3.63, 3.8) is 0 Å². The lowest BCUT2D eigenvalue weighted by molar-refractivity contribution is 0.0612. The minimum Gasteiger partial charge on any atom is -0.396 e. The number of nitrogens with zero attached hydrogens (tertiary/aromatic N) is 1. The summed E-state index contributed by atoms with van der Waals surface area (Å²) in [7, 11) is 0. The van der Waals surface area contributed by atoms with Gasteiger partial charge in [-0.2, -0.15) is 0 Å². The van der Waals surface area contributed by atoms with Gasteiger partial charge in [0.05, 0.1) is 0 Å². The van der Waals surface area contributed by atoms with Crippen LogP contribution in [0.25, 0.3) is 10.9 Å². The van der Waals surface area contributed by atoms with Gasteiger partial charge in [-0.05, 0) is 42.5 Å². The zero-order valence-corrected chi connectivity index (χ0v) is 12.0. The fourth-order valence-corrected chi connectivity index (χ4v) is 4.39. The zero-order valence-electron chi connectivity index (χ0n) is 12.0. The third-order valence-corrected chi connectivity index (χ3v) is 5.33. The molecule has 4 rings (SSSR count). The van der Waals surface area contributed by atoms with Gasteiger partial charge in [0.15, 0.2) is 0 Å². The summed E-state index contributed by atoms with van der Waals surface area (Å²) in [6, 6.07) is 7.24. The van der Waals surface area contributed by atoms with Crippen molar-refractivity contribution < 1.29 is 5.11 Å². The van der Waals surface area contributed by atoms with Crippen LogP contribution >= 0.6 is 0 Å². The Morgan fingerprint density at radius 3 is 3.10 bits per heavy atom. The van der Waals surface area contributed by atoms with E-state index in [1.165, 1.54) is 22.0 Å². The van der Waals surface area contributed by atoms with Crippen molar-refractivity contribution in [2.24, 2.45) is 5.92 Å². The Hall–Kier alpha value is -1.32. The highest BCUT2D eigenvalue weighted by atomic mass is 16.3. The van der Waals surface area contributed by atoms with Crippen molar-refractivity contribution in [3.05, 3.63) is 35.5 Å². The van der Waals surface area contributed by atoms with Crippen LogP contribution in [0.3, 0.4) is 0 Å². The third kappa shape index (κ3) is 1.66. The van der Waals surface area contributed by atoms with Crippen LogP contribution in [0.15, 0.2) is 24.4 Å². The van der Waals surface area contributed by atoms with E-state index in [4.69, 9.17) is 0 Å². The Morgan fingerprint density at radius 1 is 1.40 bits per heavy atom. The number of aromatic nitrogens is 1. The highest BCUT2D eigenvalue weighted by Crippen LogP contribution is 2.44. The number of piperidine rings is 1. The summed E-state index contributed by atoms with van der Waals surface area (Å²) in [5.41, 5.74) is 4.23. The molecule has 1 fully saturated rings. The van der Waals surface area contributed by atoms with Crippen molar-refractivity contribution in [2.75, 3.05) is 19.7 Å². The minimum atomic E-state index is 0.315. The predicted molar refractivity (Wildman–Crippen MR) is 81.0 cm³/mol. The molecule has 0 radical (unpaired) electrons. The Morgan fingerprint density at radius 2 is 2.30 bits per heavy atom. The third-order valence-electron chi connectivity index (χ3n) is 5.33. The zero-order chi connectivity index (χ0) is 13.7. The Bertz CT molecular complexity index is 633. The van der Waals surface area contributed by atoms with E-state index in [1.54, 1.807) is 0 Å². The molecule has 2 aromatic rings. The van der Waals surface area contributed by atoms with E-state index < -0.39 is 0 Å². The summed E-state index contributed by atoms with van der Waals surface area (Å²) in [6.45, 7) is 4.68. The van der Waals surface area contributed by atoms with E-state index in [0.717, 1.165) is 25.9 Å². The van der Waals surface area contributed by atoms with Gasteiger partial charge in [0.25, 0.3) is 0 Å². The summed E-state index contributed by atoms with van der Waals surface area (Å²) in [5, 5.41) is 11.1. The molecule has 1 aliphatic carbocycles. The van der Waals surface area contributed by atoms with Gasteiger partial charge in [-0.1, -0.05) is 19.1 Å². The van der Waals surface area contributed by atoms with E-state index in [9.17, 15) is 5.11 Å². The molecule has 1 aliphatic heterocycles. The second kappa shape index (κ2) is 4.61. The van der Waals surface area contributed by atoms with Gasteiger partial charge in [-0.3, -0.25) is 4.90 Å². The van der Waals surface area contributed by atoms with Crippen molar-refractivity contribution in [3.8, 4) is 0 Å². The summed E-state index contributed by atoms with van der Waals surface area (Å²) in [4.78, 5) is 5.99. The Kier molecular flexibility index (Phi) is 2.86. The fraction of sp³-hybridized carbons (Fsp3) is 0.529. The van der Waals surface area contributed by atoms with Gasteiger partial charge >= 0.3 is 0 Å². The first-order valence-corrected chi connectivity index (χ1v) is 7.75. The molecule has 2 heterocycles. The fourth-order valence-electron chi connectivity index (χ4n) is 4.39. The molecule has 0 amide bonds. The number of hydrogen-bond donors (Lipinski definition) is 2. The molecule has 0 bridgehead atoms. The van der Waals surface area contributed by atoms with E-state index in [1.807, 2.05) is 0 Å². The predicted octanol–water partition coefficient (Wildman–Crippen LogP) is 2.51. The van der Waals surface area contributed by atoms with Crippen LogP contribution in [0.1, 0.15) is 30.4 Å². The number of aromatic amines is 1. The topological polar surface area (TPSA) is 39.3 Å². The highest BCUT2D eigenvalue weighted by molar-refractivity contribution is 5.88. The van der Waals surface area contributed by atoms with Crippen LogP contribution in [0.2, 0.25) is 0 Å².